The summed E-state index contributed by atoms with van der Waals surface area (Å²) in [6, 6.07) is 0. The summed E-state index contributed by atoms with van der Waals surface area (Å²) in [5.74, 6) is -1.05. The minimum absolute atomic E-state index is 0.0218. The van der Waals surface area contributed by atoms with E-state index < -0.39 is 34.1 Å². The van der Waals surface area contributed by atoms with Gasteiger partial charge in [0.05, 0.1) is 11.5 Å². The standard InChI is InChI=1S/C9H7F2IN2O4/c1-2-18-9(15)4-3-13-8(12)5(7(10)11)6(4)14(16)17/h3,7H,2H2,1H3. The number of nitro groups is 1. The van der Waals surface area contributed by atoms with E-state index in [0.29, 0.717) is 0 Å². The first kappa shape index (κ1) is 14.7. The lowest BCUT2D eigenvalue weighted by Crippen LogP contribution is -2.12. The van der Waals surface area contributed by atoms with E-state index >= 15 is 0 Å². The van der Waals surface area contributed by atoms with E-state index in [0.717, 1.165) is 6.20 Å². The number of nitrogens with zero attached hydrogens (tertiary/aromatic N) is 2. The molecule has 0 fully saturated rings. The van der Waals surface area contributed by atoms with Crippen molar-refractivity contribution >= 4 is 34.2 Å². The highest BCUT2D eigenvalue weighted by molar-refractivity contribution is 14.1. The molecular formula is C9H7F2IN2O4. The molecule has 18 heavy (non-hydrogen) atoms. The van der Waals surface area contributed by atoms with Crippen LogP contribution in [0.3, 0.4) is 0 Å². The molecule has 1 rings (SSSR count). The molecule has 1 heterocycles. The first-order valence-electron chi connectivity index (χ1n) is 4.68. The Hall–Kier alpha value is -1.39. The maximum atomic E-state index is 12.8. The largest absolute Gasteiger partial charge is 0.462 e. The van der Waals surface area contributed by atoms with Crippen molar-refractivity contribution in [1.82, 2.24) is 4.98 Å². The summed E-state index contributed by atoms with van der Waals surface area (Å²) in [6.45, 7) is 1.48. The Bertz CT molecular complexity index is 496. The van der Waals surface area contributed by atoms with Crippen LogP contribution in [0.15, 0.2) is 6.20 Å². The van der Waals surface area contributed by atoms with Crippen molar-refractivity contribution in [2.45, 2.75) is 13.3 Å². The summed E-state index contributed by atoms with van der Waals surface area (Å²) in [6.07, 6.45) is -2.23. The van der Waals surface area contributed by atoms with E-state index in [1.165, 1.54) is 29.5 Å². The fourth-order valence-electron chi connectivity index (χ4n) is 1.24. The third-order valence-electron chi connectivity index (χ3n) is 1.94. The molecule has 0 atom stereocenters. The van der Waals surface area contributed by atoms with Gasteiger partial charge in [-0.15, -0.1) is 0 Å². The predicted molar refractivity (Wildman–Crippen MR) is 64.5 cm³/mol. The first-order valence-corrected chi connectivity index (χ1v) is 5.76. The number of ether oxygens (including phenoxy) is 1. The lowest BCUT2D eigenvalue weighted by atomic mass is 10.1. The van der Waals surface area contributed by atoms with Crippen LogP contribution in [0.2, 0.25) is 0 Å². The molecule has 9 heteroatoms. The molecule has 0 spiro atoms. The zero-order chi connectivity index (χ0) is 13.9. The molecule has 0 amide bonds. The van der Waals surface area contributed by atoms with Gasteiger partial charge in [-0.25, -0.2) is 18.6 Å². The van der Waals surface area contributed by atoms with E-state index in [2.05, 4.69) is 9.72 Å². The van der Waals surface area contributed by atoms with Crippen LogP contribution >= 0.6 is 22.6 Å². The zero-order valence-electron chi connectivity index (χ0n) is 9.02. The number of esters is 1. The van der Waals surface area contributed by atoms with Crippen LogP contribution in [0, 0.1) is 13.8 Å². The Morgan fingerprint density at radius 2 is 2.28 bits per heavy atom. The molecule has 0 aromatic carbocycles. The maximum absolute atomic E-state index is 12.8. The van der Waals surface area contributed by atoms with Crippen LogP contribution in [0.1, 0.15) is 29.3 Å². The van der Waals surface area contributed by atoms with Gasteiger partial charge in [0, 0.05) is 6.20 Å². The third kappa shape index (κ3) is 2.89. The van der Waals surface area contributed by atoms with Gasteiger partial charge in [0.1, 0.15) is 9.26 Å². The van der Waals surface area contributed by atoms with E-state index in [1.54, 1.807) is 0 Å². The van der Waals surface area contributed by atoms with Crippen molar-refractivity contribution in [2.75, 3.05) is 6.61 Å². The number of rotatable bonds is 4. The Balaban J connectivity index is 3.49. The normalized spacial score (nSPS) is 10.5. The average molecular weight is 372 g/mol. The number of aromatic nitrogens is 1. The second kappa shape index (κ2) is 5.98. The highest BCUT2D eigenvalue weighted by Gasteiger charge is 2.33. The number of hydrogen-bond acceptors (Lipinski definition) is 5. The van der Waals surface area contributed by atoms with E-state index in [9.17, 15) is 23.7 Å². The van der Waals surface area contributed by atoms with Crippen LogP contribution in [-0.2, 0) is 4.74 Å². The summed E-state index contributed by atoms with van der Waals surface area (Å²) >= 11 is 1.45. The van der Waals surface area contributed by atoms with Crippen molar-refractivity contribution in [3.63, 3.8) is 0 Å². The SMILES string of the molecule is CCOC(=O)c1cnc(I)c(C(F)F)c1[N+](=O)[O-]. The van der Waals surface area contributed by atoms with Gasteiger partial charge in [-0.1, -0.05) is 0 Å². The average Bonchev–Trinajstić information content (AvgIpc) is 2.27. The Morgan fingerprint density at radius 3 is 2.72 bits per heavy atom. The summed E-state index contributed by atoms with van der Waals surface area (Å²) in [7, 11) is 0. The third-order valence-corrected chi connectivity index (χ3v) is 2.80. The van der Waals surface area contributed by atoms with Gasteiger partial charge < -0.3 is 4.74 Å². The van der Waals surface area contributed by atoms with Gasteiger partial charge in [-0.3, -0.25) is 10.1 Å². The number of pyridine rings is 1. The number of hydrogen-bond donors (Lipinski definition) is 0. The van der Waals surface area contributed by atoms with Crippen LogP contribution < -0.4 is 0 Å². The van der Waals surface area contributed by atoms with Gasteiger partial charge in [-0.05, 0) is 29.5 Å². The fourth-order valence-corrected chi connectivity index (χ4v) is 1.87. The van der Waals surface area contributed by atoms with Crippen molar-refractivity contribution < 1.29 is 23.2 Å². The van der Waals surface area contributed by atoms with Gasteiger partial charge >= 0.3 is 5.97 Å². The van der Waals surface area contributed by atoms with Crippen LogP contribution in [0.4, 0.5) is 14.5 Å². The lowest BCUT2D eigenvalue weighted by Gasteiger charge is -2.08. The molecule has 98 valence electrons. The van der Waals surface area contributed by atoms with Gasteiger partial charge in [0.15, 0.2) is 5.56 Å². The molecule has 0 aliphatic carbocycles. The first-order chi connectivity index (χ1) is 8.40. The Labute approximate surface area is 114 Å². The predicted octanol–water partition coefficient (Wildman–Crippen LogP) is 2.71. The molecule has 0 saturated carbocycles. The highest BCUT2D eigenvalue weighted by atomic mass is 127. The second-order valence-corrected chi connectivity index (χ2v) is 4.03. The van der Waals surface area contributed by atoms with Gasteiger partial charge in [0.25, 0.3) is 12.1 Å². The van der Waals surface area contributed by atoms with Crippen LogP contribution in [0.25, 0.3) is 0 Å². The molecule has 0 unspecified atom stereocenters. The zero-order valence-corrected chi connectivity index (χ0v) is 11.2. The van der Waals surface area contributed by atoms with Gasteiger partial charge in [-0.2, -0.15) is 0 Å². The summed E-state index contributed by atoms with van der Waals surface area (Å²) in [4.78, 5) is 24.8. The van der Waals surface area contributed by atoms with Crippen LogP contribution in [0.5, 0.6) is 0 Å². The second-order valence-electron chi connectivity index (χ2n) is 3.00. The molecule has 0 aliphatic rings. The maximum Gasteiger partial charge on any atom is 0.346 e. The Morgan fingerprint density at radius 1 is 1.67 bits per heavy atom. The molecule has 0 N–H and O–H groups in total. The number of halogens is 3. The van der Waals surface area contributed by atoms with Crippen molar-refractivity contribution in [3.8, 4) is 0 Å². The van der Waals surface area contributed by atoms with Crippen molar-refractivity contribution in [1.29, 1.82) is 0 Å². The minimum Gasteiger partial charge on any atom is -0.462 e. The molecule has 0 saturated heterocycles. The Kier molecular flexibility index (Phi) is 4.87. The number of alkyl halides is 2. The molecule has 0 aliphatic heterocycles. The minimum atomic E-state index is -3.10. The molecule has 0 bridgehead atoms. The summed E-state index contributed by atoms with van der Waals surface area (Å²) in [5.41, 5.74) is -2.40. The van der Waals surface area contributed by atoms with E-state index in [1.807, 2.05) is 0 Å². The highest BCUT2D eigenvalue weighted by Crippen LogP contribution is 2.34. The van der Waals surface area contributed by atoms with Crippen molar-refractivity contribution in [3.05, 3.63) is 31.1 Å². The number of carbonyl (C=O) groups excluding carboxylic acids is 1. The summed E-state index contributed by atoms with van der Waals surface area (Å²) in [5, 5.41) is 10.8. The smallest absolute Gasteiger partial charge is 0.346 e. The molecule has 6 nitrogen and oxygen atoms in total. The quantitative estimate of drug-likeness (QED) is 0.267. The number of carbonyl (C=O) groups is 1. The molecule has 1 aromatic heterocycles. The van der Waals surface area contributed by atoms with Gasteiger partial charge in [0.2, 0.25) is 0 Å². The topological polar surface area (TPSA) is 82.3 Å². The monoisotopic (exact) mass is 372 g/mol. The fraction of sp³-hybridized carbons (Fsp3) is 0.333. The van der Waals surface area contributed by atoms with Crippen molar-refractivity contribution in [2.24, 2.45) is 0 Å². The van der Waals surface area contributed by atoms with Crippen LogP contribution in [-0.4, -0.2) is 22.5 Å². The summed E-state index contributed by atoms with van der Waals surface area (Å²) < 4.78 is 29.9. The van der Waals surface area contributed by atoms with E-state index in [-0.39, 0.29) is 10.3 Å². The molecule has 0 radical (unpaired) electrons. The lowest BCUT2D eigenvalue weighted by molar-refractivity contribution is -0.386. The van der Waals surface area contributed by atoms with E-state index in [4.69, 9.17) is 0 Å². The molecule has 1 aromatic rings. The molecular weight excluding hydrogens is 365 g/mol.